The van der Waals surface area contributed by atoms with Crippen LogP contribution in [-0.2, 0) is 14.3 Å². The van der Waals surface area contributed by atoms with Crippen molar-refractivity contribution in [3.8, 4) is 10.6 Å². The minimum atomic E-state index is -0.544. The lowest BCUT2D eigenvalue weighted by molar-refractivity contribution is -0.105. The van der Waals surface area contributed by atoms with Crippen LogP contribution in [0.25, 0.3) is 15.5 Å². The van der Waals surface area contributed by atoms with Crippen LogP contribution in [0.1, 0.15) is 48.5 Å². The van der Waals surface area contributed by atoms with Crippen LogP contribution in [0.3, 0.4) is 0 Å². The van der Waals surface area contributed by atoms with Crippen molar-refractivity contribution in [2.45, 2.75) is 59.7 Å². The van der Waals surface area contributed by atoms with Gasteiger partial charge in [0.2, 0.25) is 11.4 Å². The number of amides is 3. The Kier molecular flexibility index (Phi) is 11.1. The molecule has 1 aliphatic heterocycles. The molecular formula is C28H38BrN7O6S. The number of nitrogens with zero attached hydrogens (tertiary/aromatic N) is 5. The molecule has 0 bridgehead atoms. The number of carbonyl (C=O) groups excluding carboxylic acids is 3. The highest BCUT2D eigenvalue weighted by Crippen LogP contribution is 2.30. The van der Waals surface area contributed by atoms with Crippen molar-refractivity contribution in [2.75, 3.05) is 42.9 Å². The Morgan fingerprint density at radius 2 is 1.67 bits per heavy atom. The number of rotatable bonds is 5. The second kappa shape index (κ2) is 14.2. The number of benzene rings is 1. The van der Waals surface area contributed by atoms with Crippen molar-refractivity contribution in [1.82, 2.24) is 24.8 Å². The maximum Gasteiger partial charge on any atom is 0.410 e. The van der Waals surface area contributed by atoms with Gasteiger partial charge in [0, 0.05) is 54.5 Å². The molecule has 1 aromatic carbocycles. The van der Waals surface area contributed by atoms with E-state index >= 15 is 0 Å². The molecule has 0 saturated carbocycles. The zero-order valence-corrected chi connectivity index (χ0v) is 27.8. The fourth-order valence-corrected chi connectivity index (χ4v) is 5.23. The number of fused-ring (bicyclic) bond motifs is 1. The molecule has 1 aliphatic rings. The van der Waals surface area contributed by atoms with Gasteiger partial charge >= 0.3 is 12.2 Å². The molecule has 0 unspecified atom stereocenters. The van der Waals surface area contributed by atoms with Crippen molar-refractivity contribution in [1.29, 1.82) is 0 Å². The summed E-state index contributed by atoms with van der Waals surface area (Å²) in [6, 6.07) is 6.86. The first kappa shape index (κ1) is 33.8. The van der Waals surface area contributed by atoms with Crippen LogP contribution < -0.4 is 21.1 Å². The molecule has 43 heavy (non-hydrogen) atoms. The predicted octanol–water partition coefficient (Wildman–Crippen LogP) is 4.74. The van der Waals surface area contributed by atoms with E-state index in [0.29, 0.717) is 60.6 Å². The van der Waals surface area contributed by atoms with Crippen LogP contribution in [-0.4, -0.2) is 82.0 Å². The first-order chi connectivity index (χ1) is 20.1. The van der Waals surface area contributed by atoms with E-state index in [-0.39, 0.29) is 23.3 Å². The third-order valence-corrected chi connectivity index (χ3v) is 6.99. The summed E-state index contributed by atoms with van der Waals surface area (Å²) in [6.45, 7) is 15.5. The fourth-order valence-electron chi connectivity index (χ4n) is 3.85. The summed E-state index contributed by atoms with van der Waals surface area (Å²) < 4.78 is 12.4. The van der Waals surface area contributed by atoms with Crippen LogP contribution in [0, 0.1) is 0 Å². The third kappa shape index (κ3) is 10.2. The highest BCUT2D eigenvalue weighted by atomic mass is 79.9. The van der Waals surface area contributed by atoms with Gasteiger partial charge in [0.25, 0.3) is 5.56 Å². The molecule has 1 saturated heterocycles. The molecule has 3 heterocycles. The van der Waals surface area contributed by atoms with Gasteiger partial charge in [-0.05, 0) is 66.7 Å². The summed E-state index contributed by atoms with van der Waals surface area (Å²) in [6.07, 6.45) is -0.0877. The van der Waals surface area contributed by atoms with Gasteiger partial charge in [-0.3, -0.25) is 9.59 Å². The molecule has 3 amide bonds. The topological polar surface area (TPSA) is 147 Å². The minimum Gasteiger partial charge on any atom is -0.444 e. The lowest BCUT2D eigenvalue weighted by Gasteiger charge is -2.36. The average molecular weight is 681 g/mol. The zero-order valence-electron chi connectivity index (χ0n) is 25.4. The Morgan fingerprint density at radius 1 is 1.02 bits per heavy atom. The van der Waals surface area contributed by atoms with Crippen LogP contribution >= 0.6 is 27.3 Å². The Hall–Kier alpha value is -3.72. The summed E-state index contributed by atoms with van der Waals surface area (Å²) in [5, 5.41) is 10.2. The molecule has 2 aromatic heterocycles. The SMILES string of the molecule is CC(C)(C)OC(=O)N1CCN(c2cc(=O)n3nc(-c4cc(Br)cc(NC=O)c4)sc3n2)CC1.CCNC(=O)OC(C)(C)C. The molecule has 3 aromatic rings. The van der Waals surface area contributed by atoms with Crippen LogP contribution in [0.2, 0.25) is 0 Å². The van der Waals surface area contributed by atoms with Gasteiger partial charge in [-0.25, -0.2) is 14.6 Å². The summed E-state index contributed by atoms with van der Waals surface area (Å²) >= 11 is 4.71. The number of piperazine rings is 1. The van der Waals surface area contributed by atoms with Gasteiger partial charge in [-0.15, -0.1) is 0 Å². The van der Waals surface area contributed by atoms with E-state index in [0.717, 1.165) is 10.0 Å². The number of hydrogen-bond acceptors (Lipinski definition) is 10. The number of aromatic nitrogens is 3. The van der Waals surface area contributed by atoms with Gasteiger partial charge in [0.05, 0.1) is 0 Å². The monoisotopic (exact) mass is 679 g/mol. The first-order valence-corrected chi connectivity index (χ1v) is 15.3. The van der Waals surface area contributed by atoms with E-state index in [1.165, 1.54) is 21.9 Å². The summed E-state index contributed by atoms with van der Waals surface area (Å²) in [7, 11) is 0. The van der Waals surface area contributed by atoms with Gasteiger partial charge in [-0.1, -0.05) is 27.3 Å². The second-order valence-corrected chi connectivity index (χ2v) is 13.4. The minimum absolute atomic E-state index is 0.284. The number of anilines is 2. The standard InChI is InChI=1S/C21H23BrN6O4S.C7H15NO2/c1-21(2,3)32-20(31)27-6-4-26(5-7-27)16-11-17(30)28-19(24-16)33-18(25-28)13-8-14(22)10-15(9-13)23-12-29;1-5-8-6(9)10-7(2,3)4/h8-12H,4-7H2,1-3H3,(H,23,29);5H2,1-4H3,(H,8,9). The fraction of sp³-hybridized carbons (Fsp3) is 0.500. The van der Waals surface area contributed by atoms with Crippen molar-refractivity contribution in [2.24, 2.45) is 0 Å². The number of ether oxygens (including phenoxy) is 2. The van der Waals surface area contributed by atoms with Crippen molar-refractivity contribution in [3.63, 3.8) is 0 Å². The van der Waals surface area contributed by atoms with Gasteiger partial charge in [0.1, 0.15) is 22.0 Å². The highest BCUT2D eigenvalue weighted by molar-refractivity contribution is 9.10. The second-order valence-electron chi connectivity index (χ2n) is 11.5. The van der Waals surface area contributed by atoms with Crippen molar-refractivity contribution in [3.05, 3.63) is 39.1 Å². The number of nitrogens with one attached hydrogen (secondary N) is 2. The smallest absolute Gasteiger partial charge is 0.410 e. The van der Waals surface area contributed by atoms with E-state index in [1.807, 2.05) is 59.4 Å². The molecule has 0 spiro atoms. The Balaban J connectivity index is 0.000000436. The molecule has 13 nitrogen and oxygen atoms in total. The van der Waals surface area contributed by atoms with Crippen molar-refractivity contribution >= 4 is 62.3 Å². The summed E-state index contributed by atoms with van der Waals surface area (Å²) in [4.78, 5) is 55.3. The highest BCUT2D eigenvalue weighted by Gasteiger charge is 2.27. The lowest BCUT2D eigenvalue weighted by Crippen LogP contribution is -2.50. The molecule has 1 fully saturated rings. The van der Waals surface area contributed by atoms with Crippen LogP contribution in [0.4, 0.5) is 21.1 Å². The Morgan fingerprint density at radius 3 is 2.26 bits per heavy atom. The molecular weight excluding hydrogens is 642 g/mol. The van der Waals surface area contributed by atoms with Crippen LogP contribution in [0.5, 0.6) is 0 Å². The van der Waals surface area contributed by atoms with E-state index in [4.69, 9.17) is 9.47 Å². The maximum absolute atomic E-state index is 12.7. The zero-order chi connectivity index (χ0) is 31.9. The normalized spacial score (nSPS) is 13.6. The molecule has 4 rings (SSSR count). The average Bonchev–Trinajstić information content (AvgIpc) is 3.32. The molecule has 2 N–H and O–H groups in total. The molecule has 0 radical (unpaired) electrons. The number of carbonyl (C=O) groups is 3. The van der Waals surface area contributed by atoms with Gasteiger partial charge in [0.15, 0.2) is 0 Å². The largest absolute Gasteiger partial charge is 0.444 e. The predicted molar refractivity (Wildman–Crippen MR) is 170 cm³/mol. The molecule has 234 valence electrons. The van der Waals surface area contributed by atoms with Gasteiger partial charge in [-0.2, -0.15) is 9.61 Å². The molecule has 15 heteroatoms. The van der Waals surface area contributed by atoms with E-state index in [2.05, 4.69) is 36.6 Å². The quantitative estimate of drug-likeness (QED) is 0.365. The molecule has 0 atom stereocenters. The van der Waals surface area contributed by atoms with E-state index in [9.17, 15) is 19.2 Å². The first-order valence-electron chi connectivity index (χ1n) is 13.7. The number of alkyl carbamates (subject to hydrolysis) is 1. The Bertz CT molecular complexity index is 1500. The number of hydrogen-bond donors (Lipinski definition) is 2. The maximum atomic E-state index is 12.7. The molecule has 0 aliphatic carbocycles. The summed E-state index contributed by atoms with van der Waals surface area (Å²) in [5.41, 5.74) is 0.138. The van der Waals surface area contributed by atoms with Crippen molar-refractivity contribution < 1.29 is 23.9 Å². The Labute approximate surface area is 262 Å². The lowest BCUT2D eigenvalue weighted by atomic mass is 10.2. The van der Waals surface area contributed by atoms with E-state index in [1.54, 1.807) is 17.0 Å². The van der Waals surface area contributed by atoms with Gasteiger partial charge < -0.3 is 29.9 Å². The van der Waals surface area contributed by atoms with Crippen LogP contribution in [0.15, 0.2) is 33.5 Å². The number of halogens is 1. The third-order valence-electron chi connectivity index (χ3n) is 5.58. The van der Waals surface area contributed by atoms with E-state index < -0.39 is 5.60 Å². The summed E-state index contributed by atoms with van der Waals surface area (Å²) in [5.74, 6) is 0.552.